The van der Waals surface area contributed by atoms with Gasteiger partial charge in [-0.2, -0.15) is 13.2 Å². The van der Waals surface area contributed by atoms with Gasteiger partial charge in [0.15, 0.2) is 0 Å². The first kappa shape index (κ1) is 14.3. The van der Waals surface area contributed by atoms with Crippen LogP contribution >= 0.6 is 0 Å². The highest BCUT2D eigenvalue weighted by molar-refractivity contribution is 5.78. The van der Waals surface area contributed by atoms with Gasteiger partial charge in [0, 0.05) is 12.6 Å². The van der Waals surface area contributed by atoms with E-state index >= 15 is 0 Å². The summed E-state index contributed by atoms with van der Waals surface area (Å²) in [5.41, 5.74) is 3.15. The van der Waals surface area contributed by atoms with Crippen LogP contribution in [0.25, 0.3) is 10.9 Å². The number of nitrogens with zero attached hydrogens (tertiary/aromatic N) is 1. The predicted octanol–water partition coefficient (Wildman–Crippen LogP) is 1.06. The molecule has 0 saturated carbocycles. The summed E-state index contributed by atoms with van der Waals surface area (Å²) in [6.45, 7) is 1.52. The summed E-state index contributed by atoms with van der Waals surface area (Å²) in [7, 11) is 0. The van der Waals surface area contributed by atoms with Crippen LogP contribution in [0.15, 0.2) is 27.8 Å². The van der Waals surface area contributed by atoms with Crippen LogP contribution < -0.4 is 17.0 Å². The minimum Gasteiger partial charge on any atom is -0.326 e. The molecule has 1 heterocycles. The molecule has 0 fully saturated rings. The smallest absolute Gasteiger partial charge is 0.326 e. The molecule has 108 valence electrons. The van der Waals surface area contributed by atoms with Crippen LogP contribution in [0.3, 0.4) is 0 Å². The van der Waals surface area contributed by atoms with Gasteiger partial charge in [0.1, 0.15) is 0 Å². The molecule has 1 aromatic heterocycles. The lowest BCUT2D eigenvalue weighted by atomic mass is 10.1. The summed E-state index contributed by atoms with van der Waals surface area (Å²) in [5, 5.41) is -0.194. The zero-order valence-corrected chi connectivity index (χ0v) is 10.5. The quantitative estimate of drug-likeness (QED) is 0.866. The van der Waals surface area contributed by atoms with E-state index < -0.39 is 29.0 Å². The largest absolute Gasteiger partial charge is 0.416 e. The number of hydrogen-bond donors (Lipinski definition) is 2. The molecule has 0 radical (unpaired) electrons. The van der Waals surface area contributed by atoms with Crippen LogP contribution in [0.2, 0.25) is 0 Å². The molecule has 1 aromatic carbocycles. The van der Waals surface area contributed by atoms with Crippen molar-refractivity contribution in [2.24, 2.45) is 5.73 Å². The Morgan fingerprint density at radius 3 is 2.55 bits per heavy atom. The van der Waals surface area contributed by atoms with Gasteiger partial charge in [-0.1, -0.05) is 0 Å². The SMILES string of the molecule is CC(N)Cn1c(=O)[nH]c2ccc(C(F)(F)F)cc2c1=O. The number of aromatic amines is 1. The Morgan fingerprint density at radius 1 is 1.35 bits per heavy atom. The Labute approximate surface area is 110 Å². The number of hydrogen-bond acceptors (Lipinski definition) is 3. The molecule has 0 aliphatic carbocycles. The maximum Gasteiger partial charge on any atom is 0.416 e. The highest BCUT2D eigenvalue weighted by atomic mass is 19.4. The van der Waals surface area contributed by atoms with Crippen LogP contribution in [-0.2, 0) is 12.7 Å². The van der Waals surface area contributed by atoms with E-state index in [2.05, 4.69) is 4.98 Å². The number of fused-ring (bicyclic) bond motifs is 1. The van der Waals surface area contributed by atoms with Gasteiger partial charge < -0.3 is 10.7 Å². The highest BCUT2D eigenvalue weighted by Crippen LogP contribution is 2.30. The Morgan fingerprint density at radius 2 is 2.00 bits per heavy atom. The van der Waals surface area contributed by atoms with E-state index in [9.17, 15) is 22.8 Å². The monoisotopic (exact) mass is 287 g/mol. The molecule has 8 heteroatoms. The van der Waals surface area contributed by atoms with Gasteiger partial charge in [-0.3, -0.25) is 9.36 Å². The normalized spacial score (nSPS) is 13.7. The van der Waals surface area contributed by atoms with Crippen molar-refractivity contribution in [3.05, 3.63) is 44.6 Å². The third kappa shape index (κ3) is 2.60. The van der Waals surface area contributed by atoms with Crippen LogP contribution in [-0.4, -0.2) is 15.6 Å². The molecule has 0 amide bonds. The summed E-state index contributed by atoms with van der Waals surface area (Å²) in [4.78, 5) is 26.2. The van der Waals surface area contributed by atoms with E-state index in [0.717, 1.165) is 22.8 Å². The van der Waals surface area contributed by atoms with Gasteiger partial charge in [-0.25, -0.2) is 4.79 Å². The average Bonchev–Trinajstić information content (AvgIpc) is 2.32. The van der Waals surface area contributed by atoms with Gasteiger partial charge >= 0.3 is 11.9 Å². The zero-order chi connectivity index (χ0) is 15.1. The molecule has 20 heavy (non-hydrogen) atoms. The van der Waals surface area contributed by atoms with Gasteiger partial charge in [0.2, 0.25) is 0 Å². The summed E-state index contributed by atoms with van der Waals surface area (Å²) < 4.78 is 38.7. The molecule has 0 aliphatic heterocycles. The molecule has 2 aromatic rings. The van der Waals surface area contributed by atoms with Crippen LogP contribution in [0.4, 0.5) is 13.2 Å². The van der Waals surface area contributed by atoms with E-state index in [1.165, 1.54) is 0 Å². The fourth-order valence-corrected chi connectivity index (χ4v) is 1.88. The molecule has 1 unspecified atom stereocenters. The Kier molecular flexibility index (Phi) is 3.43. The number of H-pyrrole nitrogens is 1. The molecular weight excluding hydrogens is 275 g/mol. The maximum atomic E-state index is 12.6. The summed E-state index contributed by atoms with van der Waals surface area (Å²) in [5.74, 6) is 0. The third-order valence-electron chi connectivity index (χ3n) is 2.78. The lowest BCUT2D eigenvalue weighted by molar-refractivity contribution is -0.137. The number of aromatic nitrogens is 2. The van der Waals surface area contributed by atoms with Crippen molar-refractivity contribution in [1.82, 2.24) is 9.55 Å². The number of nitrogens with two attached hydrogens (primary N) is 1. The average molecular weight is 287 g/mol. The predicted molar refractivity (Wildman–Crippen MR) is 67.5 cm³/mol. The molecule has 0 saturated heterocycles. The van der Waals surface area contributed by atoms with E-state index in [1.54, 1.807) is 6.92 Å². The van der Waals surface area contributed by atoms with E-state index in [4.69, 9.17) is 5.73 Å². The molecule has 2 rings (SSSR count). The summed E-state index contributed by atoms with van der Waals surface area (Å²) in [6, 6.07) is 2.13. The zero-order valence-electron chi connectivity index (χ0n) is 10.5. The lowest BCUT2D eigenvalue weighted by Gasteiger charge is -2.10. The van der Waals surface area contributed by atoms with Crippen LogP contribution in [0, 0.1) is 0 Å². The number of nitrogens with one attached hydrogen (secondary N) is 1. The fourth-order valence-electron chi connectivity index (χ4n) is 1.88. The maximum absolute atomic E-state index is 12.6. The summed E-state index contributed by atoms with van der Waals surface area (Å²) in [6.07, 6.45) is -4.55. The van der Waals surface area contributed by atoms with Crippen molar-refractivity contribution in [3.8, 4) is 0 Å². The first-order valence-electron chi connectivity index (χ1n) is 5.80. The van der Waals surface area contributed by atoms with Crippen molar-refractivity contribution in [3.63, 3.8) is 0 Å². The van der Waals surface area contributed by atoms with Crippen molar-refractivity contribution < 1.29 is 13.2 Å². The minimum atomic E-state index is -4.55. The first-order valence-corrected chi connectivity index (χ1v) is 5.80. The molecular formula is C12H12F3N3O2. The number of rotatable bonds is 2. The fraction of sp³-hybridized carbons (Fsp3) is 0.333. The highest BCUT2D eigenvalue weighted by Gasteiger charge is 2.30. The van der Waals surface area contributed by atoms with Gasteiger partial charge in [0.25, 0.3) is 5.56 Å². The molecule has 0 aliphatic rings. The summed E-state index contributed by atoms with van der Waals surface area (Å²) >= 11 is 0. The van der Waals surface area contributed by atoms with Crippen molar-refractivity contribution >= 4 is 10.9 Å². The second kappa shape index (κ2) is 4.78. The Hall–Kier alpha value is -2.09. The van der Waals surface area contributed by atoms with E-state index in [0.29, 0.717) is 0 Å². The van der Waals surface area contributed by atoms with Gasteiger partial charge in [-0.15, -0.1) is 0 Å². The minimum absolute atomic E-state index is 0.0638. The van der Waals surface area contributed by atoms with Crippen molar-refractivity contribution in [1.29, 1.82) is 0 Å². The molecule has 5 nitrogen and oxygen atoms in total. The third-order valence-corrected chi connectivity index (χ3v) is 2.78. The molecule has 1 atom stereocenters. The van der Waals surface area contributed by atoms with Crippen LogP contribution in [0.5, 0.6) is 0 Å². The topological polar surface area (TPSA) is 80.9 Å². The Balaban J connectivity index is 2.75. The van der Waals surface area contributed by atoms with Crippen molar-refractivity contribution in [2.75, 3.05) is 0 Å². The first-order chi connectivity index (χ1) is 9.20. The van der Waals surface area contributed by atoms with Gasteiger partial charge in [0.05, 0.1) is 16.5 Å². The molecule has 0 spiro atoms. The second-order valence-electron chi connectivity index (χ2n) is 4.58. The number of alkyl halides is 3. The lowest BCUT2D eigenvalue weighted by Crippen LogP contribution is -2.40. The molecule has 3 N–H and O–H groups in total. The second-order valence-corrected chi connectivity index (χ2v) is 4.58. The van der Waals surface area contributed by atoms with Gasteiger partial charge in [-0.05, 0) is 25.1 Å². The number of halogens is 3. The van der Waals surface area contributed by atoms with Crippen LogP contribution in [0.1, 0.15) is 12.5 Å². The van der Waals surface area contributed by atoms with E-state index in [1.807, 2.05) is 0 Å². The molecule has 0 bridgehead atoms. The number of benzene rings is 1. The standard InChI is InChI=1S/C12H12F3N3O2/c1-6(16)5-18-10(19)8-4-7(12(13,14)15)2-3-9(8)17-11(18)20/h2-4,6H,5,16H2,1H3,(H,17,20). The van der Waals surface area contributed by atoms with E-state index in [-0.39, 0.29) is 17.4 Å². The Bertz CT molecular complexity index is 759. The van der Waals surface area contributed by atoms with Crippen molar-refractivity contribution in [2.45, 2.75) is 25.7 Å².